The van der Waals surface area contributed by atoms with Gasteiger partial charge in [-0.05, 0) is 62.3 Å². The van der Waals surface area contributed by atoms with Crippen molar-refractivity contribution in [3.05, 3.63) is 74.3 Å². The number of benzene rings is 2. The van der Waals surface area contributed by atoms with Crippen LogP contribution in [-0.2, 0) is 22.4 Å². The average molecular weight is 396 g/mol. The number of nitrogens with one attached hydrogen (secondary N) is 1. The zero-order valence-electron chi connectivity index (χ0n) is 16.6. The molecule has 1 aliphatic carbocycles. The lowest BCUT2D eigenvalue weighted by atomic mass is 9.89. The lowest BCUT2D eigenvalue weighted by Gasteiger charge is -2.20. The molecule has 2 aromatic carbocycles. The first-order valence-electron chi connectivity index (χ1n) is 9.69. The molecule has 2 aromatic rings. The molecular formula is C22H24N2O5. The number of aryl methyl sites for hydroxylation is 2. The van der Waals surface area contributed by atoms with E-state index in [-0.39, 0.29) is 22.9 Å². The van der Waals surface area contributed by atoms with Crippen molar-refractivity contribution >= 4 is 17.6 Å². The van der Waals surface area contributed by atoms with Gasteiger partial charge in [-0.1, -0.05) is 24.3 Å². The Morgan fingerprint density at radius 3 is 2.62 bits per heavy atom. The molecule has 0 heterocycles. The summed E-state index contributed by atoms with van der Waals surface area (Å²) in [5.74, 6) is -1.19. The van der Waals surface area contributed by atoms with Gasteiger partial charge in [-0.25, -0.2) is 4.79 Å². The number of fused-ring (bicyclic) bond motifs is 1. The summed E-state index contributed by atoms with van der Waals surface area (Å²) in [6.45, 7) is 2.91. The van der Waals surface area contributed by atoms with E-state index in [0.29, 0.717) is 0 Å². The molecule has 0 saturated heterocycles. The van der Waals surface area contributed by atoms with Crippen LogP contribution < -0.4 is 5.32 Å². The van der Waals surface area contributed by atoms with Crippen LogP contribution in [0.3, 0.4) is 0 Å². The predicted octanol–water partition coefficient (Wildman–Crippen LogP) is 3.82. The number of amides is 1. The fourth-order valence-electron chi connectivity index (χ4n) is 3.64. The molecule has 0 fully saturated rings. The highest BCUT2D eigenvalue weighted by Crippen LogP contribution is 2.25. The fourth-order valence-corrected chi connectivity index (χ4v) is 3.64. The first-order chi connectivity index (χ1) is 13.9. The van der Waals surface area contributed by atoms with Gasteiger partial charge in [0.05, 0.1) is 16.5 Å². The second kappa shape index (κ2) is 8.86. The molecule has 0 spiro atoms. The van der Waals surface area contributed by atoms with Gasteiger partial charge in [-0.3, -0.25) is 14.9 Å². The zero-order chi connectivity index (χ0) is 21.0. The Morgan fingerprint density at radius 1 is 1.17 bits per heavy atom. The Morgan fingerprint density at radius 2 is 1.90 bits per heavy atom. The summed E-state index contributed by atoms with van der Waals surface area (Å²) in [6.07, 6.45) is 4.56. The van der Waals surface area contributed by atoms with Crippen LogP contribution in [0.1, 0.15) is 58.4 Å². The van der Waals surface area contributed by atoms with E-state index >= 15 is 0 Å². The minimum Gasteiger partial charge on any atom is -0.452 e. The molecular weight excluding hydrogens is 372 g/mol. The summed E-state index contributed by atoms with van der Waals surface area (Å²) in [7, 11) is 0. The number of rotatable bonds is 6. The highest BCUT2D eigenvalue weighted by atomic mass is 16.6. The summed E-state index contributed by atoms with van der Waals surface area (Å²) in [5.41, 5.74) is 3.85. The van der Waals surface area contributed by atoms with Gasteiger partial charge < -0.3 is 10.1 Å². The Balaban J connectivity index is 1.58. The molecule has 0 saturated carbocycles. The number of nitro groups is 1. The predicted molar refractivity (Wildman–Crippen MR) is 108 cm³/mol. The van der Waals surface area contributed by atoms with Gasteiger partial charge in [0.25, 0.3) is 11.6 Å². The van der Waals surface area contributed by atoms with E-state index in [1.807, 2.05) is 13.0 Å². The SMILES string of the molecule is Cc1c(C(=O)OCC(=O)N[C@H](C)c2ccc3c(c2)CCCC3)cccc1[N+](=O)[O-]. The Hall–Kier alpha value is -3.22. The van der Waals surface area contributed by atoms with Crippen LogP contribution in [0.25, 0.3) is 0 Å². The van der Waals surface area contributed by atoms with Crippen LogP contribution in [0.2, 0.25) is 0 Å². The molecule has 0 radical (unpaired) electrons. The Bertz CT molecular complexity index is 954. The summed E-state index contributed by atoms with van der Waals surface area (Å²) in [6, 6.07) is 10.2. The van der Waals surface area contributed by atoms with Crippen molar-refractivity contribution in [3.63, 3.8) is 0 Å². The fraction of sp³-hybridized carbons (Fsp3) is 0.364. The van der Waals surface area contributed by atoms with Crippen LogP contribution >= 0.6 is 0 Å². The van der Waals surface area contributed by atoms with Gasteiger partial charge in [0.15, 0.2) is 6.61 Å². The number of carbonyl (C=O) groups is 2. The summed E-state index contributed by atoms with van der Waals surface area (Å²) >= 11 is 0. The normalized spacial score (nSPS) is 13.9. The Kier molecular flexibility index (Phi) is 6.26. The highest BCUT2D eigenvalue weighted by molar-refractivity contribution is 5.93. The molecule has 0 aromatic heterocycles. The molecule has 1 atom stereocenters. The van der Waals surface area contributed by atoms with Gasteiger partial charge in [-0.15, -0.1) is 0 Å². The summed E-state index contributed by atoms with van der Waals surface area (Å²) < 4.78 is 5.06. The summed E-state index contributed by atoms with van der Waals surface area (Å²) in [4.78, 5) is 34.9. The molecule has 7 nitrogen and oxygen atoms in total. The second-order valence-electron chi connectivity index (χ2n) is 7.31. The van der Waals surface area contributed by atoms with Gasteiger partial charge in [0.1, 0.15) is 0 Å². The molecule has 0 aliphatic heterocycles. The van der Waals surface area contributed by atoms with Crippen LogP contribution in [-0.4, -0.2) is 23.4 Å². The lowest BCUT2D eigenvalue weighted by Crippen LogP contribution is -2.31. The van der Waals surface area contributed by atoms with Crippen molar-refractivity contribution < 1.29 is 19.2 Å². The van der Waals surface area contributed by atoms with E-state index in [9.17, 15) is 19.7 Å². The number of hydrogen-bond donors (Lipinski definition) is 1. The molecule has 29 heavy (non-hydrogen) atoms. The maximum Gasteiger partial charge on any atom is 0.339 e. The van der Waals surface area contributed by atoms with Crippen molar-refractivity contribution in [3.8, 4) is 0 Å². The van der Waals surface area contributed by atoms with Crippen LogP contribution in [0.4, 0.5) is 5.69 Å². The molecule has 1 aliphatic rings. The standard InChI is InChI=1S/C22H24N2O5/c1-14-19(8-5-9-20(14)24(27)28)22(26)29-13-21(25)23-15(2)17-11-10-16-6-3-4-7-18(16)12-17/h5,8-12,15H,3-4,6-7,13H2,1-2H3,(H,23,25)/t15-/m1/s1. The van der Waals surface area contributed by atoms with E-state index in [1.54, 1.807) is 0 Å². The van der Waals surface area contributed by atoms with Crippen molar-refractivity contribution in [1.82, 2.24) is 5.32 Å². The number of carbonyl (C=O) groups excluding carboxylic acids is 2. The minimum absolute atomic E-state index is 0.0785. The largest absolute Gasteiger partial charge is 0.452 e. The van der Waals surface area contributed by atoms with E-state index in [4.69, 9.17) is 4.74 Å². The van der Waals surface area contributed by atoms with E-state index in [0.717, 1.165) is 18.4 Å². The first kappa shape index (κ1) is 20.5. The molecule has 0 bridgehead atoms. The average Bonchev–Trinajstić information content (AvgIpc) is 2.71. The highest BCUT2D eigenvalue weighted by Gasteiger charge is 2.20. The van der Waals surface area contributed by atoms with Crippen molar-refractivity contribution in [2.45, 2.75) is 45.6 Å². The maximum absolute atomic E-state index is 12.2. The van der Waals surface area contributed by atoms with Crippen LogP contribution in [0.15, 0.2) is 36.4 Å². The van der Waals surface area contributed by atoms with Gasteiger partial charge >= 0.3 is 5.97 Å². The molecule has 3 rings (SSSR count). The first-order valence-corrected chi connectivity index (χ1v) is 9.69. The van der Waals surface area contributed by atoms with Gasteiger partial charge in [-0.2, -0.15) is 0 Å². The van der Waals surface area contributed by atoms with Gasteiger partial charge in [0.2, 0.25) is 0 Å². The lowest BCUT2D eigenvalue weighted by molar-refractivity contribution is -0.385. The van der Waals surface area contributed by atoms with Crippen LogP contribution in [0.5, 0.6) is 0 Å². The molecule has 1 amide bonds. The number of nitro benzene ring substituents is 1. The quantitative estimate of drug-likeness (QED) is 0.455. The zero-order valence-corrected chi connectivity index (χ0v) is 16.6. The molecule has 7 heteroatoms. The van der Waals surface area contributed by atoms with Crippen molar-refractivity contribution in [2.24, 2.45) is 0 Å². The smallest absolute Gasteiger partial charge is 0.339 e. The second-order valence-corrected chi connectivity index (χ2v) is 7.31. The van der Waals surface area contributed by atoms with E-state index in [2.05, 4.69) is 17.4 Å². The third kappa shape index (κ3) is 4.80. The third-order valence-corrected chi connectivity index (χ3v) is 5.31. The third-order valence-electron chi connectivity index (χ3n) is 5.31. The summed E-state index contributed by atoms with van der Waals surface area (Å²) in [5, 5.41) is 13.8. The van der Waals surface area contributed by atoms with Crippen molar-refractivity contribution in [1.29, 1.82) is 0 Å². The maximum atomic E-state index is 12.2. The van der Waals surface area contributed by atoms with E-state index < -0.39 is 23.4 Å². The number of ether oxygens (including phenoxy) is 1. The topological polar surface area (TPSA) is 98.5 Å². The van der Waals surface area contributed by atoms with Gasteiger partial charge in [0, 0.05) is 11.6 Å². The number of esters is 1. The minimum atomic E-state index is -0.761. The number of hydrogen-bond acceptors (Lipinski definition) is 5. The molecule has 1 N–H and O–H groups in total. The van der Waals surface area contributed by atoms with Crippen LogP contribution in [0, 0.1) is 17.0 Å². The Labute approximate surface area is 169 Å². The van der Waals surface area contributed by atoms with Crippen molar-refractivity contribution in [2.75, 3.05) is 6.61 Å². The molecule has 152 valence electrons. The number of nitrogens with zero attached hydrogens (tertiary/aromatic N) is 1. The monoisotopic (exact) mass is 396 g/mol. The van der Waals surface area contributed by atoms with E-state index in [1.165, 1.54) is 49.1 Å². The molecule has 0 unspecified atom stereocenters.